The number of amides is 2. The van der Waals surface area contributed by atoms with E-state index in [4.69, 9.17) is 16.3 Å². The molecule has 2 amide bonds. The molecule has 3 aromatic carbocycles. The molecule has 0 heterocycles. The van der Waals surface area contributed by atoms with Crippen LogP contribution in [0.2, 0.25) is 5.02 Å². The molecule has 0 radical (unpaired) electrons. The highest BCUT2D eigenvalue weighted by molar-refractivity contribution is 8.00. The topological polar surface area (TPSA) is 84.5 Å². The van der Waals surface area contributed by atoms with E-state index in [1.54, 1.807) is 60.7 Å². The molecule has 0 aliphatic carbocycles. The van der Waals surface area contributed by atoms with Crippen molar-refractivity contribution in [1.82, 2.24) is 0 Å². The number of rotatable bonds is 7. The molecule has 0 saturated carbocycles. The minimum Gasteiger partial charge on any atom is -0.465 e. The number of hydrogen-bond acceptors (Lipinski definition) is 5. The van der Waals surface area contributed by atoms with Crippen LogP contribution < -0.4 is 10.6 Å². The molecular weight excluding hydrogens is 436 g/mol. The first-order valence-corrected chi connectivity index (χ1v) is 10.6. The van der Waals surface area contributed by atoms with Crippen LogP contribution in [0.3, 0.4) is 0 Å². The molecule has 8 heteroatoms. The van der Waals surface area contributed by atoms with Crippen LogP contribution in [-0.4, -0.2) is 30.6 Å². The molecule has 0 saturated heterocycles. The lowest BCUT2D eigenvalue weighted by Gasteiger charge is -2.10. The third kappa shape index (κ3) is 6.34. The van der Waals surface area contributed by atoms with Gasteiger partial charge >= 0.3 is 5.97 Å². The first-order chi connectivity index (χ1) is 15.0. The summed E-state index contributed by atoms with van der Waals surface area (Å²) in [6.07, 6.45) is 0. The molecule has 158 valence electrons. The van der Waals surface area contributed by atoms with E-state index in [0.717, 1.165) is 4.90 Å². The normalized spacial score (nSPS) is 10.3. The van der Waals surface area contributed by atoms with Crippen molar-refractivity contribution in [2.75, 3.05) is 23.5 Å². The number of carbonyl (C=O) groups is 3. The van der Waals surface area contributed by atoms with Gasteiger partial charge in [-0.05, 0) is 60.7 Å². The monoisotopic (exact) mass is 454 g/mol. The summed E-state index contributed by atoms with van der Waals surface area (Å²) in [5.74, 6) is -0.837. The summed E-state index contributed by atoms with van der Waals surface area (Å²) in [6.45, 7) is 0. The highest BCUT2D eigenvalue weighted by atomic mass is 35.5. The minimum atomic E-state index is -0.537. The van der Waals surface area contributed by atoms with E-state index in [1.807, 2.05) is 12.1 Å². The fourth-order valence-electron chi connectivity index (χ4n) is 2.66. The second kappa shape index (κ2) is 10.7. The van der Waals surface area contributed by atoms with E-state index in [0.29, 0.717) is 22.0 Å². The number of methoxy groups -OCH3 is 1. The molecule has 3 rings (SSSR count). The standard InChI is InChI=1S/C23H19ClN2O4S/c1-30-23(29)19-4-2-3-5-20(19)26-22(28)15-6-10-17(11-7-15)25-21(27)14-31-18-12-8-16(24)9-13-18/h2-13H,14H2,1H3,(H,25,27)(H,26,28). The van der Waals surface area contributed by atoms with E-state index < -0.39 is 5.97 Å². The predicted octanol–water partition coefficient (Wildman–Crippen LogP) is 5.11. The molecule has 3 aromatic rings. The number of halogens is 1. The quantitative estimate of drug-likeness (QED) is 0.383. The number of para-hydroxylation sites is 1. The van der Waals surface area contributed by atoms with Crippen molar-refractivity contribution in [2.24, 2.45) is 0 Å². The lowest BCUT2D eigenvalue weighted by Crippen LogP contribution is -2.16. The fourth-order valence-corrected chi connectivity index (χ4v) is 3.48. The third-order valence-corrected chi connectivity index (χ3v) is 5.46. The van der Waals surface area contributed by atoms with E-state index in [1.165, 1.54) is 18.9 Å². The van der Waals surface area contributed by atoms with Gasteiger partial charge in [-0.3, -0.25) is 9.59 Å². The van der Waals surface area contributed by atoms with Gasteiger partial charge in [-0.25, -0.2) is 4.79 Å². The molecule has 0 aromatic heterocycles. The fraction of sp³-hybridized carbons (Fsp3) is 0.0870. The highest BCUT2D eigenvalue weighted by Crippen LogP contribution is 2.21. The van der Waals surface area contributed by atoms with E-state index in [9.17, 15) is 14.4 Å². The second-order valence-electron chi connectivity index (χ2n) is 6.36. The average Bonchev–Trinajstić information content (AvgIpc) is 2.79. The largest absolute Gasteiger partial charge is 0.465 e. The van der Waals surface area contributed by atoms with Gasteiger partial charge in [-0.2, -0.15) is 0 Å². The predicted molar refractivity (Wildman–Crippen MR) is 123 cm³/mol. The Morgan fingerprint density at radius 2 is 1.58 bits per heavy atom. The van der Waals surface area contributed by atoms with Gasteiger partial charge < -0.3 is 15.4 Å². The molecule has 0 aliphatic heterocycles. The van der Waals surface area contributed by atoms with Gasteiger partial charge in [-0.1, -0.05) is 23.7 Å². The van der Waals surface area contributed by atoms with Crippen molar-refractivity contribution in [1.29, 1.82) is 0 Å². The highest BCUT2D eigenvalue weighted by Gasteiger charge is 2.14. The number of hydrogen-bond donors (Lipinski definition) is 2. The van der Waals surface area contributed by atoms with E-state index in [-0.39, 0.29) is 23.1 Å². The van der Waals surface area contributed by atoms with E-state index >= 15 is 0 Å². The van der Waals surface area contributed by atoms with Crippen LogP contribution in [0, 0.1) is 0 Å². The van der Waals surface area contributed by atoms with Crippen molar-refractivity contribution in [3.8, 4) is 0 Å². The summed E-state index contributed by atoms with van der Waals surface area (Å²) in [5.41, 5.74) is 1.58. The number of nitrogens with one attached hydrogen (secondary N) is 2. The lowest BCUT2D eigenvalue weighted by atomic mass is 10.1. The summed E-state index contributed by atoms with van der Waals surface area (Å²) in [5, 5.41) is 6.14. The summed E-state index contributed by atoms with van der Waals surface area (Å²) >= 11 is 7.25. The zero-order valence-corrected chi connectivity index (χ0v) is 18.1. The van der Waals surface area contributed by atoms with Crippen LogP contribution in [0.5, 0.6) is 0 Å². The summed E-state index contributed by atoms with van der Waals surface area (Å²) in [6, 6.07) is 20.3. The Bertz CT molecular complexity index is 1090. The molecular formula is C23H19ClN2O4S. The molecule has 2 N–H and O–H groups in total. The summed E-state index contributed by atoms with van der Waals surface area (Å²) in [4.78, 5) is 37.5. The molecule has 0 unspecified atom stereocenters. The lowest BCUT2D eigenvalue weighted by molar-refractivity contribution is -0.113. The van der Waals surface area contributed by atoms with Gasteiger partial charge in [0.1, 0.15) is 0 Å². The third-order valence-electron chi connectivity index (χ3n) is 4.19. The van der Waals surface area contributed by atoms with Crippen LogP contribution in [0.1, 0.15) is 20.7 Å². The van der Waals surface area contributed by atoms with Gasteiger partial charge in [0.15, 0.2) is 0 Å². The average molecular weight is 455 g/mol. The molecule has 0 spiro atoms. The minimum absolute atomic E-state index is 0.163. The van der Waals surface area contributed by atoms with Gasteiger partial charge in [0.25, 0.3) is 5.91 Å². The Labute approximate surface area is 188 Å². The molecule has 31 heavy (non-hydrogen) atoms. The number of ether oxygens (including phenoxy) is 1. The van der Waals surface area contributed by atoms with Crippen LogP contribution in [0.4, 0.5) is 11.4 Å². The van der Waals surface area contributed by atoms with Crippen LogP contribution in [0.15, 0.2) is 77.7 Å². The second-order valence-corrected chi connectivity index (χ2v) is 7.84. The van der Waals surface area contributed by atoms with Gasteiger partial charge in [0.05, 0.1) is 24.1 Å². The first kappa shape index (κ1) is 22.4. The van der Waals surface area contributed by atoms with Crippen molar-refractivity contribution >= 4 is 52.5 Å². The maximum atomic E-state index is 12.5. The Morgan fingerprint density at radius 1 is 0.903 bits per heavy atom. The van der Waals surface area contributed by atoms with Crippen LogP contribution >= 0.6 is 23.4 Å². The van der Waals surface area contributed by atoms with Gasteiger partial charge in [0, 0.05) is 21.2 Å². The van der Waals surface area contributed by atoms with Crippen molar-refractivity contribution in [3.63, 3.8) is 0 Å². The Balaban J connectivity index is 1.57. The van der Waals surface area contributed by atoms with Gasteiger partial charge in [-0.15, -0.1) is 11.8 Å². The SMILES string of the molecule is COC(=O)c1ccccc1NC(=O)c1ccc(NC(=O)CSc2ccc(Cl)cc2)cc1. The maximum absolute atomic E-state index is 12.5. The molecule has 0 aliphatic rings. The number of thioether (sulfide) groups is 1. The molecule has 0 bridgehead atoms. The Hall–Kier alpha value is -3.29. The number of esters is 1. The molecule has 0 atom stereocenters. The first-order valence-electron chi connectivity index (χ1n) is 9.23. The maximum Gasteiger partial charge on any atom is 0.339 e. The zero-order chi connectivity index (χ0) is 22.2. The smallest absolute Gasteiger partial charge is 0.339 e. The van der Waals surface area contributed by atoms with E-state index in [2.05, 4.69) is 10.6 Å². The number of carbonyl (C=O) groups excluding carboxylic acids is 3. The van der Waals surface area contributed by atoms with Crippen molar-refractivity contribution < 1.29 is 19.1 Å². The van der Waals surface area contributed by atoms with Crippen molar-refractivity contribution in [2.45, 2.75) is 4.90 Å². The zero-order valence-electron chi connectivity index (χ0n) is 16.6. The number of benzene rings is 3. The summed E-state index contributed by atoms with van der Waals surface area (Å²) < 4.78 is 4.73. The Kier molecular flexibility index (Phi) is 7.70. The van der Waals surface area contributed by atoms with Crippen molar-refractivity contribution in [3.05, 3.63) is 88.9 Å². The van der Waals surface area contributed by atoms with Gasteiger partial charge in [0.2, 0.25) is 5.91 Å². The molecule has 6 nitrogen and oxygen atoms in total. The summed E-state index contributed by atoms with van der Waals surface area (Å²) in [7, 11) is 1.28. The van der Waals surface area contributed by atoms with Crippen LogP contribution in [0.25, 0.3) is 0 Å². The van der Waals surface area contributed by atoms with Crippen LogP contribution in [-0.2, 0) is 9.53 Å². The number of anilines is 2. The Morgan fingerprint density at radius 3 is 2.26 bits per heavy atom. The molecule has 0 fully saturated rings.